The van der Waals surface area contributed by atoms with Crippen LogP contribution in [0.15, 0.2) is 60.9 Å². The lowest BCUT2D eigenvalue weighted by Crippen LogP contribution is -2.58. The van der Waals surface area contributed by atoms with Crippen LogP contribution in [-0.2, 0) is 12.0 Å². The molecule has 3 heterocycles. The fourth-order valence-electron chi connectivity index (χ4n) is 7.13. The number of hydrogen-bond acceptors (Lipinski definition) is 3. The molecule has 0 amide bonds. The Kier molecular flexibility index (Phi) is 5.59. The van der Waals surface area contributed by atoms with Crippen molar-refractivity contribution >= 4 is 16.7 Å². The molecular formula is C29H35N3O. The molecule has 4 heteroatoms. The van der Waals surface area contributed by atoms with Gasteiger partial charge in [0.25, 0.3) is 0 Å². The summed E-state index contributed by atoms with van der Waals surface area (Å²) in [6.45, 7) is 3.62. The molecule has 1 N–H and O–H groups in total. The van der Waals surface area contributed by atoms with E-state index < -0.39 is 0 Å². The average Bonchev–Trinajstić information content (AvgIpc) is 3.55. The molecule has 33 heavy (non-hydrogen) atoms. The van der Waals surface area contributed by atoms with Gasteiger partial charge in [-0.25, -0.2) is 0 Å². The fraction of sp³-hybridized carbons (Fsp3) is 0.483. The van der Waals surface area contributed by atoms with Gasteiger partial charge in [0.1, 0.15) is 0 Å². The van der Waals surface area contributed by atoms with Gasteiger partial charge in [0, 0.05) is 24.5 Å². The number of fused-ring (bicyclic) bond motifs is 2. The number of benzene rings is 2. The first-order valence-electron chi connectivity index (χ1n) is 12.9. The van der Waals surface area contributed by atoms with Gasteiger partial charge in [-0.15, -0.1) is 0 Å². The lowest BCUT2D eigenvalue weighted by molar-refractivity contribution is 0.0511. The first kappa shape index (κ1) is 21.1. The molecule has 2 aromatic carbocycles. The fourth-order valence-corrected chi connectivity index (χ4v) is 7.13. The number of carbonyl (C=O) groups excluding carboxylic acids is 1. The van der Waals surface area contributed by atoms with Crippen molar-refractivity contribution in [1.29, 1.82) is 0 Å². The summed E-state index contributed by atoms with van der Waals surface area (Å²) < 4.78 is 1.79. The third kappa shape index (κ3) is 3.74. The van der Waals surface area contributed by atoms with Gasteiger partial charge in [0.05, 0.1) is 6.54 Å². The van der Waals surface area contributed by atoms with E-state index in [4.69, 9.17) is 0 Å². The molecule has 0 radical (unpaired) electrons. The van der Waals surface area contributed by atoms with Crippen molar-refractivity contribution in [3.05, 3.63) is 72.1 Å². The molecule has 1 aromatic heterocycles. The van der Waals surface area contributed by atoms with Crippen molar-refractivity contribution in [2.45, 2.75) is 50.5 Å². The minimum absolute atomic E-state index is 0.125. The van der Waals surface area contributed by atoms with E-state index in [2.05, 4.69) is 46.6 Å². The Morgan fingerprint density at radius 2 is 1.52 bits per heavy atom. The van der Waals surface area contributed by atoms with Crippen LogP contribution in [0.4, 0.5) is 0 Å². The Labute approximate surface area is 197 Å². The standard InChI is InChI=1S/C29H35N3O/c33-28(32-19-23-8-1-2-9-24(23)20-32)21-31-17-14-26(15-18-31)29(25-10-4-5-11-25)27-12-6-3-7-22(27)13-16-30-29/h1-3,6-9,12,19-20,25-26,30H,4-5,10-11,13-18,21H2. The highest BCUT2D eigenvalue weighted by Crippen LogP contribution is 2.50. The third-order valence-electron chi connectivity index (χ3n) is 8.70. The molecule has 3 aliphatic rings. The Hall–Kier alpha value is -2.43. The van der Waals surface area contributed by atoms with Gasteiger partial charge < -0.3 is 5.32 Å². The molecule has 1 saturated heterocycles. The number of nitrogens with one attached hydrogen (secondary N) is 1. The van der Waals surface area contributed by atoms with Crippen LogP contribution in [0.1, 0.15) is 54.4 Å². The van der Waals surface area contributed by atoms with Crippen molar-refractivity contribution in [3.8, 4) is 0 Å². The van der Waals surface area contributed by atoms with Crippen LogP contribution >= 0.6 is 0 Å². The van der Waals surface area contributed by atoms with Crippen LogP contribution in [0.5, 0.6) is 0 Å². The van der Waals surface area contributed by atoms with Gasteiger partial charge in [-0.1, -0.05) is 61.4 Å². The van der Waals surface area contributed by atoms with E-state index >= 15 is 0 Å². The zero-order chi connectivity index (χ0) is 22.3. The van der Waals surface area contributed by atoms with Crippen molar-refractivity contribution in [3.63, 3.8) is 0 Å². The minimum Gasteiger partial charge on any atom is -0.307 e. The molecule has 2 fully saturated rings. The predicted molar refractivity (Wildman–Crippen MR) is 134 cm³/mol. The predicted octanol–water partition coefficient (Wildman–Crippen LogP) is 5.22. The Bertz CT molecular complexity index is 1100. The summed E-state index contributed by atoms with van der Waals surface area (Å²) in [5, 5.41) is 6.37. The Balaban J connectivity index is 1.19. The molecule has 1 atom stereocenters. The lowest BCUT2D eigenvalue weighted by atomic mass is 9.63. The van der Waals surface area contributed by atoms with Crippen LogP contribution in [0.2, 0.25) is 0 Å². The summed E-state index contributed by atoms with van der Waals surface area (Å²) >= 11 is 0. The second-order valence-electron chi connectivity index (χ2n) is 10.4. The SMILES string of the molecule is O=C(CN1CCC(C2(C3CCCC3)NCCc3ccccc32)CC1)n1cc2ccccc2c1. The van der Waals surface area contributed by atoms with E-state index in [0.717, 1.165) is 42.7 Å². The zero-order valence-corrected chi connectivity index (χ0v) is 19.5. The lowest BCUT2D eigenvalue weighted by Gasteiger charge is -2.52. The monoisotopic (exact) mass is 441 g/mol. The quantitative estimate of drug-likeness (QED) is 0.603. The smallest absolute Gasteiger partial charge is 0.244 e. The van der Waals surface area contributed by atoms with E-state index in [1.54, 1.807) is 15.7 Å². The number of piperidine rings is 1. The van der Waals surface area contributed by atoms with Crippen molar-refractivity contribution < 1.29 is 4.79 Å². The van der Waals surface area contributed by atoms with E-state index in [0.29, 0.717) is 12.5 Å². The highest BCUT2D eigenvalue weighted by atomic mass is 16.2. The number of aromatic nitrogens is 1. The second kappa shape index (κ2) is 8.73. The maximum atomic E-state index is 13.0. The molecule has 0 spiro atoms. The normalized spacial score (nSPS) is 24.8. The van der Waals surface area contributed by atoms with Crippen LogP contribution in [-0.4, -0.2) is 41.6 Å². The Morgan fingerprint density at radius 3 is 2.24 bits per heavy atom. The maximum Gasteiger partial charge on any atom is 0.244 e. The molecule has 172 valence electrons. The van der Waals surface area contributed by atoms with Crippen molar-refractivity contribution in [2.75, 3.05) is 26.2 Å². The number of rotatable bonds is 4. The molecule has 4 nitrogen and oxygen atoms in total. The first-order valence-corrected chi connectivity index (χ1v) is 12.9. The molecule has 0 bridgehead atoms. The topological polar surface area (TPSA) is 37.3 Å². The molecule has 6 rings (SSSR count). The number of hydrogen-bond donors (Lipinski definition) is 1. The summed E-state index contributed by atoms with van der Waals surface area (Å²) in [5.74, 6) is 1.56. The van der Waals surface area contributed by atoms with Crippen molar-refractivity contribution in [2.24, 2.45) is 11.8 Å². The number of likely N-dealkylation sites (tertiary alicyclic amines) is 1. The van der Waals surface area contributed by atoms with Gasteiger partial charge in [-0.3, -0.25) is 14.3 Å². The van der Waals surface area contributed by atoms with Crippen LogP contribution < -0.4 is 5.32 Å². The largest absolute Gasteiger partial charge is 0.307 e. The van der Waals surface area contributed by atoms with E-state index in [-0.39, 0.29) is 11.4 Å². The average molecular weight is 442 g/mol. The van der Waals surface area contributed by atoms with Crippen LogP contribution in [0.25, 0.3) is 10.8 Å². The maximum absolute atomic E-state index is 13.0. The summed E-state index contributed by atoms with van der Waals surface area (Å²) in [5.41, 5.74) is 3.26. The molecule has 1 aliphatic carbocycles. The summed E-state index contributed by atoms with van der Waals surface area (Å²) in [4.78, 5) is 15.4. The van der Waals surface area contributed by atoms with Gasteiger partial charge in [0.15, 0.2) is 0 Å². The molecule has 1 saturated carbocycles. The first-order chi connectivity index (χ1) is 16.2. The van der Waals surface area contributed by atoms with Gasteiger partial charge in [0.2, 0.25) is 5.91 Å². The molecular weight excluding hydrogens is 406 g/mol. The number of nitrogens with zero attached hydrogens (tertiary/aromatic N) is 2. The van der Waals surface area contributed by atoms with Gasteiger partial charge in [-0.05, 0) is 78.9 Å². The van der Waals surface area contributed by atoms with E-state index in [1.165, 1.54) is 38.5 Å². The van der Waals surface area contributed by atoms with Crippen LogP contribution in [0.3, 0.4) is 0 Å². The Morgan fingerprint density at radius 1 is 0.879 bits per heavy atom. The summed E-state index contributed by atoms with van der Waals surface area (Å²) in [7, 11) is 0. The summed E-state index contributed by atoms with van der Waals surface area (Å²) in [6.07, 6.45) is 12.9. The third-order valence-corrected chi connectivity index (χ3v) is 8.70. The second-order valence-corrected chi connectivity index (χ2v) is 10.4. The minimum atomic E-state index is 0.125. The zero-order valence-electron chi connectivity index (χ0n) is 19.5. The molecule has 1 unspecified atom stereocenters. The molecule has 2 aliphatic heterocycles. The van der Waals surface area contributed by atoms with Gasteiger partial charge in [-0.2, -0.15) is 0 Å². The van der Waals surface area contributed by atoms with Crippen LogP contribution in [0, 0.1) is 11.8 Å². The highest BCUT2D eigenvalue weighted by Gasteiger charge is 2.49. The van der Waals surface area contributed by atoms with E-state index in [9.17, 15) is 4.79 Å². The summed E-state index contributed by atoms with van der Waals surface area (Å²) in [6, 6.07) is 17.4. The van der Waals surface area contributed by atoms with Crippen molar-refractivity contribution in [1.82, 2.24) is 14.8 Å². The molecule has 3 aromatic rings. The van der Waals surface area contributed by atoms with Gasteiger partial charge >= 0.3 is 0 Å². The highest BCUT2D eigenvalue weighted by molar-refractivity contribution is 5.90. The number of carbonyl (C=O) groups is 1. The van der Waals surface area contributed by atoms with E-state index in [1.807, 2.05) is 24.5 Å².